The van der Waals surface area contributed by atoms with E-state index in [0.29, 0.717) is 19.5 Å². The van der Waals surface area contributed by atoms with Gasteiger partial charge in [0.1, 0.15) is 0 Å². The summed E-state index contributed by atoms with van der Waals surface area (Å²) in [6.07, 6.45) is 12.1. The summed E-state index contributed by atoms with van der Waals surface area (Å²) < 4.78 is 1.24. The van der Waals surface area contributed by atoms with Gasteiger partial charge in [0.15, 0.2) is 0 Å². The molecule has 0 aliphatic rings. The normalized spacial score (nSPS) is 10.9. The zero-order valence-electron chi connectivity index (χ0n) is 10.6. The topological polar surface area (TPSA) is 55.1 Å². The minimum atomic E-state index is 0.132. The highest BCUT2D eigenvalue weighted by molar-refractivity contribution is 14.1. The van der Waals surface area contributed by atoms with Crippen LogP contribution in [0.15, 0.2) is 12.2 Å². The third-order valence-corrected chi connectivity index (χ3v) is 3.18. The average Bonchev–Trinajstić information content (AvgIpc) is 2.34. The average molecular weight is 352 g/mol. The standard InChI is InChI=1S/C13H25IN2O/c14-10-8-6-4-2-1-3-5-7-9-13(17)16-12-11-15/h2,4H,1,3,5-12,15H2,(H,16,17)/b4-2-. The van der Waals surface area contributed by atoms with Gasteiger partial charge >= 0.3 is 0 Å². The maximum atomic E-state index is 11.2. The van der Waals surface area contributed by atoms with Gasteiger partial charge in [-0.1, -0.05) is 41.2 Å². The van der Waals surface area contributed by atoms with E-state index in [0.717, 1.165) is 19.3 Å². The fraction of sp³-hybridized carbons (Fsp3) is 0.769. The fourth-order valence-electron chi connectivity index (χ4n) is 1.46. The first kappa shape index (κ1) is 16.9. The molecular formula is C13H25IN2O. The number of alkyl halides is 1. The van der Waals surface area contributed by atoms with Crippen molar-refractivity contribution in [2.24, 2.45) is 5.73 Å². The molecule has 0 radical (unpaired) electrons. The molecule has 3 nitrogen and oxygen atoms in total. The molecule has 0 saturated carbocycles. The first-order chi connectivity index (χ1) is 8.31. The van der Waals surface area contributed by atoms with Gasteiger partial charge in [-0.2, -0.15) is 0 Å². The molecule has 4 heteroatoms. The van der Waals surface area contributed by atoms with Gasteiger partial charge in [0.2, 0.25) is 5.91 Å². The third kappa shape index (κ3) is 13.8. The number of amides is 1. The quantitative estimate of drug-likeness (QED) is 0.260. The number of carbonyl (C=O) groups is 1. The molecule has 0 aliphatic carbocycles. The summed E-state index contributed by atoms with van der Waals surface area (Å²) in [5, 5.41) is 2.78. The Morgan fingerprint density at radius 3 is 2.47 bits per heavy atom. The Hall–Kier alpha value is -0.100. The van der Waals surface area contributed by atoms with Crippen LogP contribution >= 0.6 is 22.6 Å². The van der Waals surface area contributed by atoms with Gasteiger partial charge in [-0.15, -0.1) is 0 Å². The van der Waals surface area contributed by atoms with Crippen molar-refractivity contribution in [2.45, 2.75) is 44.9 Å². The molecular weight excluding hydrogens is 327 g/mol. The Morgan fingerprint density at radius 2 is 1.82 bits per heavy atom. The minimum absolute atomic E-state index is 0.132. The Kier molecular flexibility index (Phi) is 13.9. The molecule has 0 unspecified atom stereocenters. The lowest BCUT2D eigenvalue weighted by Crippen LogP contribution is -2.28. The predicted octanol–water partition coefficient (Wildman–Crippen LogP) is 2.78. The summed E-state index contributed by atoms with van der Waals surface area (Å²) in [4.78, 5) is 11.2. The van der Waals surface area contributed by atoms with E-state index >= 15 is 0 Å². The second-order valence-corrected chi connectivity index (χ2v) is 5.12. The van der Waals surface area contributed by atoms with Crippen molar-refractivity contribution in [3.63, 3.8) is 0 Å². The third-order valence-electron chi connectivity index (χ3n) is 2.41. The van der Waals surface area contributed by atoms with E-state index in [4.69, 9.17) is 5.73 Å². The van der Waals surface area contributed by atoms with Crippen molar-refractivity contribution in [3.05, 3.63) is 12.2 Å². The van der Waals surface area contributed by atoms with E-state index in [1.54, 1.807) is 0 Å². The lowest BCUT2D eigenvalue weighted by molar-refractivity contribution is -0.121. The number of hydrogen-bond acceptors (Lipinski definition) is 2. The first-order valence-corrected chi connectivity index (χ1v) is 8.01. The number of carbonyl (C=O) groups excluding carboxylic acids is 1. The van der Waals surface area contributed by atoms with Gasteiger partial charge in [0, 0.05) is 19.5 Å². The molecule has 0 bridgehead atoms. The molecule has 0 atom stereocenters. The molecule has 0 aromatic heterocycles. The van der Waals surface area contributed by atoms with Crippen molar-refractivity contribution in [1.29, 1.82) is 0 Å². The van der Waals surface area contributed by atoms with Crippen molar-refractivity contribution < 1.29 is 4.79 Å². The summed E-state index contributed by atoms with van der Waals surface area (Å²) in [7, 11) is 0. The van der Waals surface area contributed by atoms with E-state index in [1.165, 1.54) is 23.7 Å². The molecule has 0 heterocycles. The molecule has 0 spiro atoms. The van der Waals surface area contributed by atoms with E-state index < -0.39 is 0 Å². The van der Waals surface area contributed by atoms with Crippen LogP contribution in [0.3, 0.4) is 0 Å². The lowest BCUT2D eigenvalue weighted by atomic mass is 10.1. The number of nitrogens with one attached hydrogen (secondary N) is 1. The van der Waals surface area contributed by atoms with Crippen LogP contribution in [0.2, 0.25) is 0 Å². The molecule has 0 aromatic carbocycles. The predicted molar refractivity (Wildman–Crippen MR) is 82.4 cm³/mol. The summed E-state index contributed by atoms with van der Waals surface area (Å²) in [6, 6.07) is 0. The second kappa shape index (κ2) is 14.0. The van der Waals surface area contributed by atoms with Crippen molar-refractivity contribution in [2.75, 3.05) is 17.5 Å². The Balaban J connectivity index is 3.17. The fourth-order valence-corrected chi connectivity index (χ4v) is 1.90. The number of allylic oxidation sites excluding steroid dienone is 2. The van der Waals surface area contributed by atoms with Gasteiger partial charge in [-0.25, -0.2) is 0 Å². The van der Waals surface area contributed by atoms with Crippen LogP contribution in [-0.4, -0.2) is 23.4 Å². The summed E-state index contributed by atoms with van der Waals surface area (Å²) in [6.45, 7) is 1.12. The van der Waals surface area contributed by atoms with E-state index in [9.17, 15) is 4.79 Å². The Labute approximate surface area is 119 Å². The highest BCUT2D eigenvalue weighted by Gasteiger charge is 1.98. The largest absolute Gasteiger partial charge is 0.355 e. The molecule has 0 aromatic rings. The van der Waals surface area contributed by atoms with Crippen molar-refractivity contribution in [1.82, 2.24) is 5.32 Å². The number of halogens is 1. The Morgan fingerprint density at radius 1 is 1.12 bits per heavy atom. The van der Waals surface area contributed by atoms with Crippen LogP contribution in [0, 0.1) is 0 Å². The van der Waals surface area contributed by atoms with Gasteiger partial charge < -0.3 is 11.1 Å². The number of unbranched alkanes of at least 4 members (excludes halogenated alkanes) is 4. The van der Waals surface area contributed by atoms with E-state index in [1.807, 2.05) is 0 Å². The highest BCUT2D eigenvalue weighted by Crippen LogP contribution is 2.04. The summed E-state index contributed by atoms with van der Waals surface area (Å²) >= 11 is 2.40. The number of nitrogens with two attached hydrogens (primary N) is 1. The molecule has 17 heavy (non-hydrogen) atoms. The molecule has 1 amide bonds. The summed E-state index contributed by atoms with van der Waals surface area (Å²) in [5.74, 6) is 0.132. The molecule has 0 rings (SSSR count). The van der Waals surface area contributed by atoms with Crippen molar-refractivity contribution in [3.8, 4) is 0 Å². The van der Waals surface area contributed by atoms with Gasteiger partial charge in [0.05, 0.1) is 0 Å². The van der Waals surface area contributed by atoms with E-state index in [-0.39, 0.29) is 5.91 Å². The Bertz CT molecular complexity index is 208. The van der Waals surface area contributed by atoms with Gasteiger partial charge in [-0.3, -0.25) is 4.79 Å². The molecule has 100 valence electrons. The smallest absolute Gasteiger partial charge is 0.220 e. The minimum Gasteiger partial charge on any atom is -0.355 e. The van der Waals surface area contributed by atoms with Crippen molar-refractivity contribution >= 4 is 28.5 Å². The van der Waals surface area contributed by atoms with Gasteiger partial charge in [-0.05, 0) is 36.5 Å². The van der Waals surface area contributed by atoms with Crippen LogP contribution in [0.1, 0.15) is 44.9 Å². The molecule has 3 N–H and O–H groups in total. The first-order valence-electron chi connectivity index (χ1n) is 6.49. The lowest BCUT2D eigenvalue weighted by Gasteiger charge is -2.02. The van der Waals surface area contributed by atoms with Crippen LogP contribution in [0.4, 0.5) is 0 Å². The zero-order chi connectivity index (χ0) is 12.8. The SMILES string of the molecule is NCCNC(=O)CCCCC/C=C\CCCI. The van der Waals surface area contributed by atoms with Crippen LogP contribution < -0.4 is 11.1 Å². The zero-order valence-corrected chi connectivity index (χ0v) is 12.7. The monoisotopic (exact) mass is 352 g/mol. The maximum absolute atomic E-state index is 11.2. The summed E-state index contributed by atoms with van der Waals surface area (Å²) in [5.41, 5.74) is 5.30. The van der Waals surface area contributed by atoms with Crippen LogP contribution in [0.5, 0.6) is 0 Å². The van der Waals surface area contributed by atoms with Crippen LogP contribution in [-0.2, 0) is 4.79 Å². The number of hydrogen-bond donors (Lipinski definition) is 2. The van der Waals surface area contributed by atoms with Crippen LogP contribution in [0.25, 0.3) is 0 Å². The number of rotatable bonds is 11. The highest BCUT2D eigenvalue weighted by atomic mass is 127. The molecule has 0 fully saturated rings. The maximum Gasteiger partial charge on any atom is 0.220 e. The molecule has 0 saturated heterocycles. The van der Waals surface area contributed by atoms with E-state index in [2.05, 4.69) is 40.1 Å². The molecule has 0 aliphatic heterocycles. The van der Waals surface area contributed by atoms with Gasteiger partial charge in [0.25, 0.3) is 0 Å². The second-order valence-electron chi connectivity index (χ2n) is 4.04.